The molecule has 0 unspecified atom stereocenters. The molecule has 0 aromatic carbocycles. The summed E-state index contributed by atoms with van der Waals surface area (Å²) >= 11 is 8.96. The summed E-state index contributed by atoms with van der Waals surface area (Å²) in [5, 5.41) is 0. The van der Waals surface area contributed by atoms with Gasteiger partial charge in [-0.2, -0.15) is 0 Å². The van der Waals surface area contributed by atoms with Crippen molar-refractivity contribution in [1.82, 2.24) is 0 Å². The van der Waals surface area contributed by atoms with Crippen molar-refractivity contribution in [3.63, 3.8) is 0 Å². The van der Waals surface area contributed by atoms with Crippen LogP contribution in [0.4, 0.5) is 0 Å². The predicted octanol–water partition coefficient (Wildman–Crippen LogP) is -2.12. The molecular weight excluding hydrogens is 195 g/mol. The van der Waals surface area contributed by atoms with Crippen LogP contribution in [0.15, 0.2) is 0 Å². The van der Waals surface area contributed by atoms with Gasteiger partial charge >= 0.3 is 51.4 Å². The molecular formula is C5H9KO2S2. The summed E-state index contributed by atoms with van der Waals surface area (Å²) in [6.07, 6.45) is 0. The molecule has 0 bridgehead atoms. The van der Waals surface area contributed by atoms with Gasteiger partial charge in [0.2, 0.25) is 0 Å². The van der Waals surface area contributed by atoms with Gasteiger partial charge in [0.15, 0.2) is 0 Å². The van der Waals surface area contributed by atoms with Crippen LogP contribution in [-0.4, -0.2) is 24.2 Å². The number of ether oxygens (including phenoxy) is 2. The van der Waals surface area contributed by atoms with Gasteiger partial charge in [-0.15, -0.1) is 0 Å². The Morgan fingerprint density at radius 2 is 2.10 bits per heavy atom. The van der Waals surface area contributed by atoms with Crippen molar-refractivity contribution in [2.24, 2.45) is 0 Å². The molecule has 0 atom stereocenters. The molecule has 0 aromatic rings. The topological polar surface area (TPSA) is 18.5 Å². The Morgan fingerprint density at radius 1 is 1.50 bits per heavy atom. The van der Waals surface area contributed by atoms with E-state index >= 15 is 0 Å². The first-order valence-electron chi connectivity index (χ1n) is 2.69. The second-order valence-electron chi connectivity index (χ2n) is 1.30. The van der Waals surface area contributed by atoms with Crippen LogP contribution in [-0.2, 0) is 22.1 Å². The maximum Gasteiger partial charge on any atom is 1.00 e. The summed E-state index contributed by atoms with van der Waals surface area (Å²) < 4.78 is 9.88. The van der Waals surface area contributed by atoms with Crippen LogP contribution in [0.25, 0.3) is 0 Å². The molecule has 0 saturated carbocycles. The Hall–Kier alpha value is 1.71. The van der Waals surface area contributed by atoms with Crippen molar-refractivity contribution in [2.45, 2.75) is 6.92 Å². The van der Waals surface area contributed by atoms with Crippen LogP contribution in [0.3, 0.4) is 0 Å². The zero-order valence-electron chi connectivity index (χ0n) is 6.25. The van der Waals surface area contributed by atoms with E-state index in [2.05, 4.69) is 24.8 Å². The van der Waals surface area contributed by atoms with Gasteiger partial charge in [0.25, 0.3) is 0 Å². The van der Waals surface area contributed by atoms with Crippen molar-refractivity contribution >= 4 is 29.2 Å². The molecule has 54 valence electrons. The minimum atomic E-state index is 0. The van der Waals surface area contributed by atoms with Gasteiger partial charge in [-0.3, -0.25) is 0 Å². The van der Waals surface area contributed by atoms with Crippen molar-refractivity contribution in [1.29, 1.82) is 0 Å². The molecule has 0 aliphatic carbocycles. The van der Waals surface area contributed by atoms with Crippen molar-refractivity contribution in [3.05, 3.63) is 0 Å². The third kappa shape index (κ3) is 12.4. The minimum Gasteiger partial charge on any atom is -0.511 e. The third-order valence-corrected chi connectivity index (χ3v) is 0.887. The van der Waals surface area contributed by atoms with E-state index < -0.39 is 0 Å². The first-order valence-corrected chi connectivity index (χ1v) is 3.50. The van der Waals surface area contributed by atoms with Crippen molar-refractivity contribution < 1.29 is 60.9 Å². The summed E-state index contributed by atoms with van der Waals surface area (Å²) in [5.41, 5.74) is 0. The molecule has 0 N–H and O–H groups in total. The van der Waals surface area contributed by atoms with E-state index in [0.717, 1.165) is 0 Å². The first kappa shape index (κ1) is 14.2. The van der Waals surface area contributed by atoms with Crippen LogP contribution in [0.2, 0.25) is 0 Å². The van der Waals surface area contributed by atoms with Gasteiger partial charge < -0.3 is 34.3 Å². The van der Waals surface area contributed by atoms with E-state index in [-0.39, 0.29) is 55.8 Å². The second-order valence-corrected chi connectivity index (χ2v) is 2.30. The second kappa shape index (κ2) is 10.7. The molecule has 5 heteroatoms. The Morgan fingerprint density at radius 3 is 2.50 bits per heavy atom. The van der Waals surface area contributed by atoms with Crippen molar-refractivity contribution in [2.75, 3.05) is 19.8 Å². The fraction of sp³-hybridized carbons (Fsp3) is 0.800. The van der Waals surface area contributed by atoms with E-state index in [4.69, 9.17) is 9.47 Å². The van der Waals surface area contributed by atoms with Gasteiger partial charge in [-0.1, -0.05) is 0 Å². The summed E-state index contributed by atoms with van der Waals surface area (Å²) in [6.45, 7) is 3.66. The SMILES string of the molecule is CCOCCOC(=S)[S-].[K+]. The smallest absolute Gasteiger partial charge is 0.511 e. The predicted molar refractivity (Wildman–Crippen MR) is 42.4 cm³/mol. The van der Waals surface area contributed by atoms with Crippen LogP contribution < -0.4 is 51.4 Å². The van der Waals surface area contributed by atoms with E-state index in [1.807, 2.05) is 6.92 Å². The summed E-state index contributed by atoms with van der Waals surface area (Å²) in [6, 6.07) is 0. The average Bonchev–Trinajstić information content (AvgIpc) is 1.80. The Labute approximate surface area is 115 Å². The van der Waals surface area contributed by atoms with E-state index in [1.165, 1.54) is 0 Å². The monoisotopic (exact) mass is 204 g/mol. The molecule has 0 aromatic heterocycles. The molecule has 0 radical (unpaired) electrons. The molecule has 10 heavy (non-hydrogen) atoms. The Kier molecular flexibility index (Phi) is 15.2. The number of hydrogen-bond acceptors (Lipinski definition) is 4. The minimum absolute atomic E-state index is 0. The molecule has 0 saturated heterocycles. The van der Waals surface area contributed by atoms with Crippen molar-refractivity contribution in [3.8, 4) is 0 Å². The quantitative estimate of drug-likeness (QED) is 0.225. The van der Waals surface area contributed by atoms with Gasteiger partial charge in [-0.25, -0.2) is 0 Å². The molecule has 2 nitrogen and oxygen atoms in total. The maximum atomic E-state index is 4.95. The molecule has 0 spiro atoms. The van der Waals surface area contributed by atoms with Gasteiger partial charge in [0.05, 0.1) is 6.61 Å². The fourth-order valence-corrected chi connectivity index (χ4v) is 0.495. The van der Waals surface area contributed by atoms with Gasteiger partial charge in [-0.05, 0) is 6.92 Å². The van der Waals surface area contributed by atoms with Crippen LogP contribution in [0, 0.1) is 0 Å². The fourth-order valence-electron chi connectivity index (χ4n) is 0.328. The molecule has 0 fully saturated rings. The number of hydrogen-bond donors (Lipinski definition) is 0. The summed E-state index contributed by atoms with van der Waals surface area (Å²) in [4.78, 5) is 0. The van der Waals surface area contributed by atoms with Crippen LogP contribution >= 0.6 is 12.2 Å². The van der Waals surface area contributed by atoms with E-state index in [9.17, 15) is 0 Å². The molecule has 0 amide bonds. The summed E-state index contributed by atoms with van der Waals surface area (Å²) in [5.74, 6) is 0. The van der Waals surface area contributed by atoms with Gasteiger partial charge in [0.1, 0.15) is 6.61 Å². The molecule has 0 rings (SSSR count). The van der Waals surface area contributed by atoms with Gasteiger partial charge in [0, 0.05) is 11.0 Å². The average molecular weight is 204 g/mol. The van der Waals surface area contributed by atoms with E-state index in [0.29, 0.717) is 19.8 Å². The first-order chi connectivity index (χ1) is 4.27. The zero-order chi connectivity index (χ0) is 7.11. The zero-order valence-corrected chi connectivity index (χ0v) is 11.0. The molecule has 0 heterocycles. The molecule has 0 aliphatic rings. The maximum absolute atomic E-state index is 4.95. The normalized spacial score (nSPS) is 8.10. The number of thiocarbonyl (C=S) groups is 1. The van der Waals surface area contributed by atoms with Crippen LogP contribution in [0.1, 0.15) is 6.92 Å². The molecule has 0 aliphatic heterocycles. The standard InChI is InChI=1S/C5H10O2S2.K/c1-2-6-3-4-7-5(8)9;/h2-4H2,1H3,(H,8,9);/q;+1/p-1. The third-order valence-electron chi connectivity index (χ3n) is 0.652. The Balaban J connectivity index is 0. The largest absolute Gasteiger partial charge is 1.00 e. The summed E-state index contributed by atoms with van der Waals surface area (Å²) in [7, 11) is 0. The van der Waals surface area contributed by atoms with E-state index in [1.54, 1.807) is 0 Å². The number of rotatable bonds is 4. The Bertz CT molecular complexity index is 89.7. The van der Waals surface area contributed by atoms with Crippen LogP contribution in [0.5, 0.6) is 0 Å².